The summed E-state index contributed by atoms with van der Waals surface area (Å²) in [5.74, 6) is -3.43. The highest BCUT2D eigenvalue weighted by Crippen LogP contribution is 2.37. The zero-order chi connectivity index (χ0) is 20.2. The van der Waals surface area contributed by atoms with Crippen molar-refractivity contribution in [1.82, 2.24) is 4.31 Å². The molecular formula is C16H14Cl2F2N2O3S2. The van der Waals surface area contributed by atoms with Gasteiger partial charge in [-0.15, -0.1) is 0 Å². The fourth-order valence-corrected chi connectivity index (χ4v) is 4.25. The molecule has 1 N–H and O–H groups in total. The van der Waals surface area contributed by atoms with Crippen LogP contribution in [-0.4, -0.2) is 38.0 Å². The summed E-state index contributed by atoms with van der Waals surface area (Å²) in [7, 11) is -2.69. The van der Waals surface area contributed by atoms with Gasteiger partial charge in [-0.1, -0.05) is 41.0 Å². The van der Waals surface area contributed by atoms with Gasteiger partial charge in [0.15, 0.2) is 0 Å². The second-order valence-corrected chi connectivity index (χ2v) is 9.15. The standard InChI is InChI=1S/C16H14Cl2F2N2O3S2/c1-22(27(24,25)11-7-5-10(17)6-8-11)9-14(23)21-13-4-2-3-12(18)15(13)26-16(19)20/h2-8,16H,9H2,1H3,(H,21,23). The highest BCUT2D eigenvalue weighted by molar-refractivity contribution is 7.99. The average Bonchev–Trinajstić information content (AvgIpc) is 2.58. The molecule has 0 heterocycles. The first kappa shape index (κ1) is 21.9. The molecule has 0 aliphatic rings. The summed E-state index contributed by atoms with van der Waals surface area (Å²) >= 11 is 11.8. The molecule has 2 aromatic rings. The number of rotatable bonds is 7. The average molecular weight is 455 g/mol. The molecule has 146 valence electrons. The molecule has 0 spiro atoms. The fraction of sp³-hybridized carbons (Fsp3) is 0.188. The van der Waals surface area contributed by atoms with Crippen LogP contribution in [0, 0.1) is 0 Å². The predicted molar refractivity (Wildman–Crippen MR) is 103 cm³/mol. The molecule has 11 heteroatoms. The molecule has 27 heavy (non-hydrogen) atoms. The van der Waals surface area contributed by atoms with E-state index in [-0.39, 0.29) is 32.3 Å². The Hall–Kier alpha value is -1.39. The van der Waals surface area contributed by atoms with Gasteiger partial charge < -0.3 is 5.32 Å². The van der Waals surface area contributed by atoms with Crippen molar-refractivity contribution in [3.63, 3.8) is 0 Å². The Morgan fingerprint density at radius 2 is 1.81 bits per heavy atom. The molecule has 2 rings (SSSR count). The minimum absolute atomic E-state index is 0.00530. The first-order valence-corrected chi connectivity index (χ1v) is 10.4. The van der Waals surface area contributed by atoms with E-state index in [1.54, 1.807) is 0 Å². The van der Waals surface area contributed by atoms with E-state index in [1.165, 1.54) is 49.5 Å². The first-order chi connectivity index (χ1) is 12.6. The smallest absolute Gasteiger partial charge is 0.289 e. The van der Waals surface area contributed by atoms with Crippen molar-refractivity contribution in [3.8, 4) is 0 Å². The second kappa shape index (κ2) is 9.20. The van der Waals surface area contributed by atoms with Crippen LogP contribution in [0.1, 0.15) is 0 Å². The summed E-state index contributed by atoms with van der Waals surface area (Å²) in [6, 6.07) is 9.79. The van der Waals surface area contributed by atoms with E-state index in [2.05, 4.69) is 5.32 Å². The van der Waals surface area contributed by atoms with Gasteiger partial charge in [-0.2, -0.15) is 13.1 Å². The van der Waals surface area contributed by atoms with Gasteiger partial charge in [0.25, 0.3) is 5.76 Å². The molecule has 0 saturated heterocycles. The summed E-state index contributed by atoms with van der Waals surface area (Å²) in [6.45, 7) is -0.518. The maximum Gasteiger partial charge on any atom is 0.289 e. The Morgan fingerprint density at radius 1 is 1.19 bits per heavy atom. The van der Waals surface area contributed by atoms with Gasteiger partial charge in [0, 0.05) is 12.1 Å². The number of sulfonamides is 1. The lowest BCUT2D eigenvalue weighted by Crippen LogP contribution is -2.35. The maximum atomic E-state index is 12.7. The van der Waals surface area contributed by atoms with Gasteiger partial charge in [-0.05, 0) is 36.4 Å². The predicted octanol–water partition coefficient (Wildman–Crippen LogP) is 4.57. The third kappa shape index (κ3) is 5.79. The number of amides is 1. The molecule has 0 aliphatic heterocycles. The van der Waals surface area contributed by atoms with Crippen LogP contribution in [0.2, 0.25) is 10.0 Å². The number of anilines is 1. The monoisotopic (exact) mass is 454 g/mol. The Bertz CT molecular complexity index is 926. The van der Waals surface area contributed by atoms with Crippen LogP contribution in [-0.2, 0) is 14.8 Å². The van der Waals surface area contributed by atoms with Crippen LogP contribution < -0.4 is 5.32 Å². The zero-order valence-electron chi connectivity index (χ0n) is 13.8. The van der Waals surface area contributed by atoms with Crippen LogP contribution >= 0.6 is 35.0 Å². The summed E-state index contributed by atoms with van der Waals surface area (Å²) < 4.78 is 51.2. The van der Waals surface area contributed by atoms with E-state index in [1.807, 2.05) is 0 Å². The van der Waals surface area contributed by atoms with Crippen LogP contribution in [0.25, 0.3) is 0 Å². The normalized spacial score (nSPS) is 11.8. The number of hydrogen-bond acceptors (Lipinski definition) is 4. The van der Waals surface area contributed by atoms with Gasteiger partial charge in [0.2, 0.25) is 15.9 Å². The molecule has 5 nitrogen and oxygen atoms in total. The number of likely N-dealkylation sites (N-methyl/N-ethyl adjacent to an activating group) is 1. The van der Waals surface area contributed by atoms with Crippen molar-refractivity contribution in [2.45, 2.75) is 15.5 Å². The molecule has 1 amide bonds. The van der Waals surface area contributed by atoms with E-state index < -0.39 is 28.2 Å². The molecule has 2 aromatic carbocycles. The largest absolute Gasteiger partial charge is 0.324 e. The summed E-state index contributed by atoms with van der Waals surface area (Å²) in [6.07, 6.45) is 0. The molecular weight excluding hydrogens is 441 g/mol. The van der Waals surface area contributed by atoms with E-state index in [0.717, 1.165) is 4.31 Å². The zero-order valence-corrected chi connectivity index (χ0v) is 17.0. The van der Waals surface area contributed by atoms with Crippen molar-refractivity contribution in [2.24, 2.45) is 0 Å². The van der Waals surface area contributed by atoms with Crippen molar-refractivity contribution < 1.29 is 22.0 Å². The Labute approximate surface area is 169 Å². The van der Waals surface area contributed by atoms with Gasteiger partial charge in [0.1, 0.15) is 0 Å². The fourth-order valence-electron chi connectivity index (χ4n) is 2.08. The number of halogens is 4. The second-order valence-electron chi connectivity index (χ2n) is 5.26. The number of nitrogens with zero attached hydrogens (tertiary/aromatic N) is 1. The first-order valence-electron chi connectivity index (χ1n) is 7.36. The van der Waals surface area contributed by atoms with Crippen molar-refractivity contribution >= 4 is 56.6 Å². The van der Waals surface area contributed by atoms with Crippen LogP contribution in [0.15, 0.2) is 52.3 Å². The van der Waals surface area contributed by atoms with Crippen LogP contribution in [0.3, 0.4) is 0 Å². The molecule has 0 fully saturated rings. The number of hydrogen-bond donors (Lipinski definition) is 1. The topological polar surface area (TPSA) is 66.5 Å². The van der Waals surface area contributed by atoms with Crippen LogP contribution in [0.5, 0.6) is 0 Å². The third-order valence-electron chi connectivity index (χ3n) is 3.34. The SMILES string of the molecule is CN(CC(=O)Nc1cccc(Cl)c1SC(F)F)S(=O)(=O)c1ccc(Cl)cc1. The molecule has 0 radical (unpaired) electrons. The quantitative estimate of drug-likeness (QED) is 0.622. The molecule has 0 aromatic heterocycles. The van der Waals surface area contributed by atoms with E-state index in [0.29, 0.717) is 5.02 Å². The number of alkyl halides is 2. The minimum atomic E-state index is -3.92. The number of carbonyl (C=O) groups excluding carboxylic acids is 1. The molecule has 0 aliphatic carbocycles. The molecule has 0 saturated carbocycles. The lowest BCUT2D eigenvalue weighted by molar-refractivity contribution is -0.116. The minimum Gasteiger partial charge on any atom is -0.324 e. The van der Waals surface area contributed by atoms with Gasteiger partial charge in [-0.3, -0.25) is 4.79 Å². The number of benzene rings is 2. The summed E-state index contributed by atoms with van der Waals surface area (Å²) in [5.41, 5.74) is 0.0788. The highest BCUT2D eigenvalue weighted by Gasteiger charge is 2.23. The molecule has 0 atom stereocenters. The molecule has 0 bridgehead atoms. The van der Waals surface area contributed by atoms with Crippen molar-refractivity contribution in [2.75, 3.05) is 18.9 Å². The Balaban J connectivity index is 2.14. The number of thioether (sulfide) groups is 1. The van der Waals surface area contributed by atoms with Crippen molar-refractivity contribution in [1.29, 1.82) is 0 Å². The van der Waals surface area contributed by atoms with E-state index in [9.17, 15) is 22.0 Å². The van der Waals surface area contributed by atoms with E-state index in [4.69, 9.17) is 23.2 Å². The van der Waals surface area contributed by atoms with Gasteiger partial charge >= 0.3 is 0 Å². The summed E-state index contributed by atoms with van der Waals surface area (Å²) in [4.78, 5) is 12.2. The maximum absolute atomic E-state index is 12.7. The number of carbonyl (C=O) groups is 1. The lowest BCUT2D eigenvalue weighted by atomic mass is 10.3. The van der Waals surface area contributed by atoms with Gasteiger partial charge in [0.05, 0.1) is 27.0 Å². The molecule has 0 unspecified atom stereocenters. The van der Waals surface area contributed by atoms with Gasteiger partial charge in [-0.25, -0.2) is 8.42 Å². The number of nitrogens with one attached hydrogen (secondary N) is 1. The lowest BCUT2D eigenvalue weighted by Gasteiger charge is -2.18. The van der Waals surface area contributed by atoms with Crippen LogP contribution in [0.4, 0.5) is 14.5 Å². The Kier molecular flexibility index (Phi) is 7.47. The van der Waals surface area contributed by atoms with Crippen molar-refractivity contribution in [3.05, 3.63) is 52.5 Å². The van der Waals surface area contributed by atoms with E-state index >= 15 is 0 Å². The third-order valence-corrected chi connectivity index (χ3v) is 6.69. The highest BCUT2D eigenvalue weighted by atomic mass is 35.5. The summed E-state index contributed by atoms with van der Waals surface area (Å²) in [5, 5.41) is 2.85. The Morgan fingerprint density at radius 3 is 2.41 bits per heavy atom.